The number of aromatic nitrogens is 1. The molecule has 30 heavy (non-hydrogen) atoms. The van der Waals surface area contributed by atoms with E-state index in [0.29, 0.717) is 17.9 Å². The number of fused-ring (bicyclic) bond motifs is 2. The molecule has 160 valence electrons. The van der Waals surface area contributed by atoms with Gasteiger partial charge in [-0.15, -0.1) is 0 Å². The number of carbonyl (C=O) groups is 2. The predicted octanol–water partition coefficient (Wildman–Crippen LogP) is 2.21. The first-order chi connectivity index (χ1) is 14.2. The fourth-order valence-corrected chi connectivity index (χ4v) is 6.57. The molecule has 1 aliphatic heterocycles. The molecule has 1 fully saturated rings. The number of hydrogen-bond acceptors (Lipinski definition) is 6. The summed E-state index contributed by atoms with van der Waals surface area (Å²) in [5.41, 5.74) is 2.24. The van der Waals surface area contributed by atoms with Crippen LogP contribution in [0.2, 0.25) is 0 Å². The van der Waals surface area contributed by atoms with Crippen molar-refractivity contribution in [2.45, 2.75) is 45.1 Å². The molecule has 4 rings (SSSR count). The molecule has 0 spiro atoms. The van der Waals surface area contributed by atoms with Gasteiger partial charge < -0.3 is 10.1 Å². The zero-order valence-electron chi connectivity index (χ0n) is 17.2. The van der Waals surface area contributed by atoms with Crippen LogP contribution in [0.3, 0.4) is 0 Å². The smallest absolute Gasteiger partial charge is 0.339 e. The monoisotopic (exact) mass is 430 g/mol. The van der Waals surface area contributed by atoms with E-state index in [1.807, 2.05) is 24.3 Å². The summed E-state index contributed by atoms with van der Waals surface area (Å²) in [5, 5.41) is 3.44. The van der Waals surface area contributed by atoms with Gasteiger partial charge in [0.05, 0.1) is 28.1 Å². The van der Waals surface area contributed by atoms with Gasteiger partial charge in [-0.25, -0.2) is 13.2 Å². The van der Waals surface area contributed by atoms with Gasteiger partial charge in [0.2, 0.25) is 0 Å². The number of amides is 1. The molecule has 1 amide bonds. The highest BCUT2D eigenvalue weighted by Crippen LogP contribution is 2.32. The van der Waals surface area contributed by atoms with E-state index in [2.05, 4.69) is 12.2 Å². The summed E-state index contributed by atoms with van der Waals surface area (Å²) in [6.07, 6.45) is 2.95. The molecule has 7 nitrogen and oxygen atoms in total. The van der Waals surface area contributed by atoms with Crippen molar-refractivity contribution in [3.8, 4) is 0 Å². The van der Waals surface area contributed by atoms with Gasteiger partial charge in [-0.3, -0.25) is 9.78 Å². The van der Waals surface area contributed by atoms with Gasteiger partial charge in [0.15, 0.2) is 16.4 Å². The molecular weight excluding hydrogens is 404 g/mol. The third kappa shape index (κ3) is 4.19. The number of benzene rings is 1. The van der Waals surface area contributed by atoms with E-state index in [-0.39, 0.29) is 11.5 Å². The second kappa shape index (κ2) is 7.65. The molecule has 1 aromatic heterocycles. The molecule has 0 bridgehead atoms. The van der Waals surface area contributed by atoms with Crippen LogP contribution in [0.25, 0.3) is 10.9 Å². The van der Waals surface area contributed by atoms with Crippen LogP contribution in [0.5, 0.6) is 0 Å². The van der Waals surface area contributed by atoms with Crippen LogP contribution in [0, 0.1) is 5.92 Å². The molecule has 2 heterocycles. The number of nitrogens with one attached hydrogen (secondary N) is 1. The lowest BCUT2D eigenvalue weighted by atomic mass is 9.84. The number of para-hydroxylation sites is 1. The predicted molar refractivity (Wildman–Crippen MR) is 113 cm³/mol. The van der Waals surface area contributed by atoms with Gasteiger partial charge in [-0.05, 0) is 50.2 Å². The molecule has 2 unspecified atom stereocenters. The lowest BCUT2D eigenvalue weighted by molar-refractivity contribution is -0.125. The minimum atomic E-state index is -3.14. The number of sulfone groups is 1. The van der Waals surface area contributed by atoms with E-state index >= 15 is 0 Å². The van der Waals surface area contributed by atoms with Crippen LogP contribution in [0.4, 0.5) is 0 Å². The fourth-order valence-electron chi connectivity index (χ4n) is 4.48. The standard InChI is InChI=1S/C22H26N2O5S/c1-14-7-8-18-16(11-14)20(15-5-3-4-6-17(15)23-18)21(26)29-12-19(25)24-22(2)9-10-30(27,28)13-22/h3-6,14H,7-13H2,1-2H3,(H,24,25). The van der Waals surface area contributed by atoms with E-state index in [1.54, 1.807) is 6.92 Å². The van der Waals surface area contributed by atoms with E-state index in [9.17, 15) is 18.0 Å². The lowest BCUT2D eigenvalue weighted by Gasteiger charge is -2.25. The summed E-state index contributed by atoms with van der Waals surface area (Å²) < 4.78 is 28.8. The third-order valence-electron chi connectivity index (χ3n) is 5.99. The Morgan fingerprint density at radius 1 is 1.30 bits per heavy atom. The van der Waals surface area contributed by atoms with Crippen molar-refractivity contribution < 1.29 is 22.7 Å². The highest BCUT2D eigenvalue weighted by molar-refractivity contribution is 7.91. The number of carbonyl (C=O) groups excluding carboxylic acids is 2. The third-order valence-corrected chi connectivity index (χ3v) is 7.89. The summed E-state index contributed by atoms with van der Waals surface area (Å²) in [4.78, 5) is 30.1. The Morgan fingerprint density at radius 3 is 2.80 bits per heavy atom. The van der Waals surface area contributed by atoms with Crippen LogP contribution < -0.4 is 5.32 Å². The zero-order valence-corrected chi connectivity index (χ0v) is 18.0. The Balaban J connectivity index is 1.54. The Labute approximate surface area is 176 Å². The maximum Gasteiger partial charge on any atom is 0.339 e. The highest BCUT2D eigenvalue weighted by atomic mass is 32.2. The SMILES string of the molecule is CC1CCc2nc3ccccc3c(C(=O)OCC(=O)NC3(C)CCS(=O)(=O)C3)c2C1. The van der Waals surface area contributed by atoms with Gasteiger partial charge in [-0.1, -0.05) is 25.1 Å². The zero-order chi connectivity index (χ0) is 21.5. The van der Waals surface area contributed by atoms with E-state index in [4.69, 9.17) is 9.72 Å². The first kappa shape index (κ1) is 20.8. The molecule has 0 saturated carbocycles. The number of aryl methyl sites for hydroxylation is 1. The van der Waals surface area contributed by atoms with Crippen molar-refractivity contribution in [1.29, 1.82) is 0 Å². The molecule has 2 atom stereocenters. The second-order valence-corrected chi connectivity index (χ2v) is 11.0. The number of ether oxygens (including phenoxy) is 1. The summed E-state index contributed by atoms with van der Waals surface area (Å²) in [5.74, 6) is -0.641. The Morgan fingerprint density at radius 2 is 2.07 bits per heavy atom. The molecule has 1 N–H and O–H groups in total. The van der Waals surface area contributed by atoms with Gasteiger partial charge in [0, 0.05) is 11.1 Å². The van der Waals surface area contributed by atoms with Crippen LogP contribution in [0.15, 0.2) is 24.3 Å². The first-order valence-electron chi connectivity index (χ1n) is 10.2. The Hall–Kier alpha value is -2.48. The van der Waals surface area contributed by atoms with Crippen molar-refractivity contribution in [3.63, 3.8) is 0 Å². The second-order valence-electron chi connectivity index (χ2n) is 8.80. The van der Waals surface area contributed by atoms with Gasteiger partial charge >= 0.3 is 5.97 Å². The van der Waals surface area contributed by atoms with E-state index in [1.165, 1.54) is 0 Å². The highest BCUT2D eigenvalue weighted by Gasteiger charge is 2.39. The lowest BCUT2D eigenvalue weighted by Crippen LogP contribution is -2.48. The fraction of sp³-hybridized carbons (Fsp3) is 0.500. The first-order valence-corrected chi connectivity index (χ1v) is 12.1. The molecule has 1 aromatic carbocycles. The van der Waals surface area contributed by atoms with E-state index in [0.717, 1.165) is 41.4 Å². The number of nitrogens with zero attached hydrogens (tertiary/aromatic N) is 1. The number of pyridine rings is 1. The minimum Gasteiger partial charge on any atom is -0.452 e. The molecule has 1 aliphatic carbocycles. The average molecular weight is 431 g/mol. The maximum atomic E-state index is 13.0. The summed E-state index contributed by atoms with van der Waals surface area (Å²) in [6.45, 7) is 3.40. The quantitative estimate of drug-likeness (QED) is 0.746. The number of esters is 1. The topological polar surface area (TPSA) is 102 Å². The van der Waals surface area contributed by atoms with Crippen LogP contribution >= 0.6 is 0 Å². The molecular formula is C22H26N2O5S. The number of rotatable bonds is 4. The van der Waals surface area contributed by atoms with Crippen LogP contribution in [-0.4, -0.2) is 48.9 Å². The van der Waals surface area contributed by atoms with Crippen molar-refractivity contribution in [1.82, 2.24) is 10.3 Å². The summed E-state index contributed by atoms with van der Waals surface area (Å²) >= 11 is 0. The molecule has 2 aliphatic rings. The van der Waals surface area contributed by atoms with Crippen molar-refractivity contribution in [2.75, 3.05) is 18.1 Å². The van der Waals surface area contributed by atoms with Crippen LogP contribution in [0.1, 0.15) is 48.3 Å². The van der Waals surface area contributed by atoms with Crippen molar-refractivity contribution >= 4 is 32.6 Å². The van der Waals surface area contributed by atoms with Crippen molar-refractivity contribution in [3.05, 3.63) is 41.1 Å². The molecule has 0 radical (unpaired) electrons. The Kier molecular flexibility index (Phi) is 5.30. The summed E-state index contributed by atoms with van der Waals surface area (Å²) in [6, 6.07) is 7.46. The normalized spacial score (nSPS) is 24.9. The number of hydrogen-bond donors (Lipinski definition) is 1. The maximum absolute atomic E-state index is 13.0. The molecule has 2 aromatic rings. The van der Waals surface area contributed by atoms with Crippen molar-refractivity contribution in [2.24, 2.45) is 5.92 Å². The largest absolute Gasteiger partial charge is 0.452 e. The molecule has 8 heteroatoms. The van der Waals surface area contributed by atoms with E-state index < -0.39 is 33.9 Å². The Bertz CT molecular complexity index is 1130. The molecule has 1 saturated heterocycles. The summed E-state index contributed by atoms with van der Waals surface area (Å²) in [7, 11) is -3.14. The average Bonchev–Trinajstić information content (AvgIpc) is 2.96. The van der Waals surface area contributed by atoms with Gasteiger partial charge in [0.1, 0.15) is 0 Å². The van der Waals surface area contributed by atoms with Gasteiger partial charge in [-0.2, -0.15) is 0 Å². The van der Waals surface area contributed by atoms with Gasteiger partial charge in [0.25, 0.3) is 5.91 Å². The van der Waals surface area contributed by atoms with Crippen LogP contribution in [-0.2, 0) is 32.2 Å². The minimum absolute atomic E-state index is 0.0525.